The molecule has 0 saturated carbocycles. The van der Waals surface area contributed by atoms with Crippen molar-refractivity contribution >= 4 is 5.91 Å². The Balaban J connectivity index is 1.63. The van der Waals surface area contributed by atoms with Gasteiger partial charge < -0.3 is 10.4 Å². The van der Waals surface area contributed by atoms with Gasteiger partial charge in [-0.15, -0.1) is 0 Å². The van der Waals surface area contributed by atoms with Crippen molar-refractivity contribution in [3.63, 3.8) is 0 Å². The van der Waals surface area contributed by atoms with Crippen LogP contribution >= 0.6 is 0 Å². The molecule has 3 rings (SSSR count). The van der Waals surface area contributed by atoms with Gasteiger partial charge in [0.2, 0.25) is 0 Å². The highest BCUT2D eigenvalue weighted by molar-refractivity contribution is 5.93. The quantitative estimate of drug-likeness (QED) is 0.727. The number of hydrogen-bond acceptors (Lipinski definition) is 4. The number of carbonyl (C=O) groups is 1. The molecule has 1 unspecified atom stereocenters. The second-order valence-corrected chi connectivity index (χ2v) is 5.66. The summed E-state index contributed by atoms with van der Waals surface area (Å²) in [6.07, 6.45) is 3.03. The summed E-state index contributed by atoms with van der Waals surface area (Å²) < 4.78 is 0. The van der Waals surface area contributed by atoms with Crippen molar-refractivity contribution in [2.75, 3.05) is 13.2 Å². The molecule has 3 aromatic rings. The molecule has 5 heteroatoms. The van der Waals surface area contributed by atoms with Crippen molar-refractivity contribution in [2.24, 2.45) is 0 Å². The Morgan fingerprint density at radius 1 is 0.960 bits per heavy atom. The third kappa shape index (κ3) is 4.28. The van der Waals surface area contributed by atoms with Crippen molar-refractivity contribution < 1.29 is 9.90 Å². The fraction of sp³-hybridized carbons (Fsp3) is 0.150. The van der Waals surface area contributed by atoms with E-state index in [1.165, 1.54) is 12.4 Å². The molecule has 2 aromatic carbocycles. The minimum Gasteiger partial charge on any atom is -0.396 e. The van der Waals surface area contributed by atoms with Gasteiger partial charge in [0, 0.05) is 30.4 Å². The molecular formula is C20H19N3O2. The van der Waals surface area contributed by atoms with Gasteiger partial charge in [-0.1, -0.05) is 60.7 Å². The van der Waals surface area contributed by atoms with Gasteiger partial charge in [0.25, 0.3) is 5.91 Å². The number of rotatable bonds is 6. The first-order valence-electron chi connectivity index (χ1n) is 8.09. The first-order chi connectivity index (χ1) is 12.3. The molecule has 1 heterocycles. The summed E-state index contributed by atoms with van der Waals surface area (Å²) in [5.74, 6) is 0.179. The first kappa shape index (κ1) is 16.8. The van der Waals surface area contributed by atoms with Crippen LogP contribution < -0.4 is 5.32 Å². The van der Waals surface area contributed by atoms with Gasteiger partial charge in [0.1, 0.15) is 0 Å². The number of nitrogens with one attached hydrogen (secondary N) is 1. The average molecular weight is 333 g/mol. The van der Waals surface area contributed by atoms with E-state index in [9.17, 15) is 9.90 Å². The predicted molar refractivity (Wildman–Crippen MR) is 96.1 cm³/mol. The van der Waals surface area contributed by atoms with Crippen molar-refractivity contribution in [2.45, 2.75) is 5.92 Å². The second-order valence-electron chi connectivity index (χ2n) is 5.66. The molecule has 0 aliphatic heterocycles. The van der Waals surface area contributed by atoms with Gasteiger partial charge in [-0.25, -0.2) is 9.97 Å². The SMILES string of the molecule is O=C(NCC(CO)c1ccccc1)c1cnc(-c2ccccc2)nc1. The molecule has 0 bridgehead atoms. The third-order valence-electron chi connectivity index (χ3n) is 3.95. The van der Waals surface area contributed by atoms with Crippen molar-refractivity contribution in [3.8, 4) is 11.4 Å². The van der Waals surface area contributed by atoms with Gasteiger partial charge in [-0.05, 0) is 5.56 Å². The number of benzene rings is 2. The van der Waals surface area contributed by atoms with E-state index in [0.29, 0.717) is 17.9 Å². The zero-order valence-corrected chi connectivity index (χ0v) is 13.7. The lowest BCUT2D eigenvalue weighted by Crippen LogP contribution is -2.30. The maximum Gasteiger partial charge on any atom is 0.254 e. The summed E-state index contributed by atoms with van der Waals surface area (Å²) in [6, 6.07) is 19.2. The lowest BCUT2D eigenvalue weighted by atomic mass is 10.00. The molecule has 0 fully saturated rings. The standard InChI is InChI=1S/C20H19N3O2/c24-14-18(15-7-3-1-4-8-15)13-23-20(25)17-11-21-19(22-12-17)16-9-5-2-6-10-16/h1-12,18,24H,13-14H2,(H,23,25). The monoisotopic (exact) mass is 333 g/mol. The molecule has 1 aromatic heterocycles. The number of aromatic nitrogens is 2. The molecule has 0 aliphatic carbocycles. The van der Waals surface area contributed by atoms with Crippen LogP contribution in [-0.2, 0) is 0 Å². The molecular weight excluding hydrogens is 314 g/mol. The van der Waals surface area contributed by atoms with Gasteiger partial charge in [-0.2, -0.15) is 0 Å². The summed E-state index contributed by atoms with van der Waals surface area (Å²) in [4.78, 5) is 20.8. The summed E-state index contributed by atoms with van der Waals surface area (Å²) in [5.41, 5.74) is 2.28. The summed E-state index contributed by atoms with van der Waals surface area (Å²) in [7, 11) is 0. The Bertz CT molecular complexity index is 805. The van der Waals surface area contributed by atoms with Gasteiger partial charge in [0.15, 0.2) is 5.82 Å². The van der Waals surface area contributed by atoms with Crippen LogP contribution in [0.25, 0.3) is 11.4 Å². The Labute approximate surface area is 146 Å². The zero-order valence-electron chi connectivity index (χ0n) is 13.7. The van der Waals surface area contributed by atoms with Crippen LogP contribution in [0.1, 0.15) is 21.8 Å². The van der Waals surface area contributed by atoms with Crippen LogP contribution in [0.4, 0.5) is 0 Å². The molecule has 1 atom stereocenters. The third-order valence-corrected chi connectivity index (χ3v) is 3.95. The number of aliphatic hydroxyl groups excluding tert-OH is 1. The number of amides is 1. The number of hydrogen-bond donors (Lipinski definition) is 2. The summed E-state index contributed by atoms with van der Waals surface area (Å²) >= 11 is 0. The topological polar surface area (TPSA) is 75.1 Å². The van der Waals surface area contributed by atoms with Crippen LogP contribution in [0, 0.1) is 0 Å². The molecule has 2 N–H and O–H groups in total. The van der Waals surface area contributed by atoms with E-state index in [1.54, 1.807) is 0 Å². The Hall–Kier alpha value is -3.05. The first-order valence-corrected chi connectivity index (χ1v) is 8.09. The molecule has 126 valence electrons. The Morgan fingerprint density at radius 3 is 2.16 bits per heavy atom. The van der Waals surface area contributed by atoms with Crippen LogP contribution in [0.5, 0.6) is 0 Å². The molecule has 0 aliphatic rings. The van der Waals surface area contributed by atoms with E-state index in [-0.39, 0.29) is 18.4 Å². The lowest BCUT2D eigenvalue weighted by molar-refractivity contribution is 0.0947. The van der Waals surface area contributed by atoms with Gasteiger partial charge in [-0.3, -0.25) is 4.79 Å². The molecule has 5 nitrogen and oxygen atoms in total. The Morgan fingerprint density at radius 2 is 1.56 bits per heavy atom. The van der Waals surface area contributed by atoms with E-state index in [1.807, 2.05) is 60.7 Å². The minimum atomic E-state index is -0.256. The van der Waals surface area contributed by atoms with Crippen LogP contribution in [-0.4, -0.2) is 34.1 Å². The van der Waals surface area contributed by atoms with Gasteiger partial charge >= 0.3 is 0 Å². The van der Waals surface area contributed by atoms with Crippen LogP contribution in [0.15, 0.2) is 73.1 Å². The predicted octanol–water partition coefficient (Wildman–Crippen LogP) is 2.65. The maximum atomic E-state index is 12.3. The van der Waals surface area contributed by atoms with Crippen molar-refractivity contribution in [1.29, 1.82) is 0 Å². The fourth-order valence-electron chi connectivity index (χ4n) is 2.51. The highest BCUT2D eigenvalue weighted by atomic mass is 16.3. The molecule has 0 spiro atoms. The second kappa shape index (κ2) is 8.17. The average Bonchev–Trinajstić information content (AvgIpc) is 2.70. The van der Waals surface area contributed by atoms with E-state index >= 15 is 0 Å². The molecule has 25 heavy (non-hydrogen) atoms. The van der Waals surface area contributed by atoms with E-state index in [0.717, 1.165) is 11.1 Å². The number of aliphatic hydroxyl groups is 1. The van der Waals surface area contributed by atoms with E-state index in [4.69, 9.17) is 0 Å². The number of nitrogens with zero attached hydrogens (tertiary/aromatic N) is 2. The lowest BCUT2D eigenvalue weighted by Gasteiger charge is -2.15. The largest absolute Gasteiger partial charge is 0.396 e. The highest BCUT2D eigenvalue weighted by Gasteiger charge is 2.13. The molecule has 1 amide bonds. The smallest absolute Gasteiger partial charge is 0.254 e. The minimum absolute atomic E-state index is 0.0340. The van der Waals surface area contributed by atoms with E-state index in [2.05, 4.69) is 15.3 Å². The zero-order chi connectivity index (χ0) is 17.5. The van der Waals surface area contributed by atoms with Gasteiger partial charge in [0.05, 0.1) is 12.2 Å². The summed E-state index contributed by atoms with van der Waals surface area (Å²) in [6.45, 7) is 0.313. The van der Waals surface area contributed by atoms with Crippen molar-refractivity contribution in [3.05, 3.63) is 84.2 Å². The normalized spacial score (nSPS) is 11.7. The molecule has 0 radical (unpaired) electrons. The fourth-order valence-corrected chi connectivity index (χ4v) is 2.51. The van der Waals surface area contributed by atoms with Crippen molar-refractivity contribution in [1.82, 2.24) is 15.3 Å². The summed E-state index contributed by atoms with van der Waals surface area (Å²) in [5, 5.41) is 12.4. The van der Waals surface area contributed by atoms with Crippen LogP contribution in [0.2, 0.25) is 0 Å². The molecule has 0 saturated heterocycles. The maximum absolute atomic E-state index is 12.3. The van der Waals surface area contributed by atoms with E-state index < -0.39 is 0 Å². The highest BCUT2D eigenvalue weighted by Crippen LogP contribution is 2.15. The Kier molecular flexibility index (Phi) is 5.49. The van der Waals surface area contributed by atoms with Crippen LogP contribution in [0.3, 0.4) is 0 Å². The number of carbonyl (C=O) groups excluding carboxylic acids is 1.